The van der Waals surface area contributed by atoms with Gasteiger partial charge in [-0.15, -0.1) is 0 Å². The van der Waals surface area contributed by atoms with Crippen molar-refractivity contribution in [1.82, 2.24) is 14.5 Å². The molecule has 1 fully saturated rings. The smallest absolute Gasteiger partial charge is 0.244 e. The normalized spacial score (nSPS) is 15.4. The molecule has 1 saturated heterocycles. The monoisotopic (exact) mass is 510 g/mol. The molecule has 0 radical (unpaired) electrons. The molecule has 1 aliphatic heterocycles. The van der Waals surface area contributed by atoms with Gasteiger partial charge in [0.25, 0.3) is 0 Å². The highest BCUT2D eigenvalue weighted by atomic mass is 35.5. The van der Waals surface area contributed by atoms with Crippen LogP contribution in [0.2, 0.25) is 10.0 Å². The van der Waals surface area contributed by atoms with Gasteiger partial charge >= 0.3 is 0 Å². The average molecular weight is 511 g/mol. The van der Waals surface area contributed by atoms with Crippen LogP contribution in [0.1, 0.15) is 0 Å². The van der Waals surface area contributed by atoms with Crippen molar-refractivity contribution in [3.63, 3.8) is 0 Å². The zero-order valence-corrected chi connectivity index (χ0v) is 20.5. The maximum absolute atomic E-state index is 13.3. The lowest BCUT2D eigenvalue weighted by atomic mass is 9.81. The number of carbonyl (C=O) groups is 1. The molecule has 1 N–H and O–H groups in total. The van der Waals surface area contributed by atoms with E-state index in [9.17, 15) is 13.2 Å². The summed E-state index contributed by atoms with van der Waals surface area (Å²) in [7, 11) is -0.449. The Morgan fingerprint density at radius 3 is 2.48 bits per heavy atom. The number of carbonyl (C=O) groups excluding carboxylic acids is 1. The third-order valence-corrected chi connectivity index (χ3v) is 7.96. The van der Waals surface area contributed by atoms with E-state index in [1.54, 1.807) is 43.3 Å². The van der Waals surface area contributed by atoms with Crippen molar-refractivity contribution in [3.05, 3.63) is 63.9 Å². The zero-order chi connectivity index (χ0) is 24.2. The highest BCUT2D eigenvalue weighted by molar-refractivity contribution is 7.89. The lowest BCUT2D eigenvalue weighted by molar-refractivity contribution is -0.150. The second-order valence-corrected chi connectivity index (χ2v) is 10.6. The first-order chi connectivity index (χ1) is 15.6. The second-order valence-electron chi connectivity index (χ2n) is 7.85. The quantitative estimate of drug-likeness (QED) is 0.523. The average Bonchev–Trinajstić information content (AvgIpc) is 2.76. The van der Waals surface area contributed by atoms with Crippen molar-refractivity contribution in [2.75, 3.05) is 46.9 Å². The van der Waals surface area contributed by atoms with E-state index >= 15 is 0 Å². The van der Waals surface area contributed by atoms with Gasteiger partial charge in [0, 0.05) is 38.2 Å². The van der Waals surface area contributed by atoms with E-state index in [1.165, 1.54) is 22.5 Å². The van der Waals surface area contributed by atoms with Crippen molar-refractivity contribution in [1.29, 1.82) is 0 Å². The van der Waals surface area contributed by atoms with E-state index in [4.69, 9.17) is 34.5 Å². The summed E-state index contributed by atoms with van der Waals surface area (Å²) in [6, 6.07) is 10.7. The molecule has 0 spiro atoms. The Labute approximate surface area is 203 Å². The fourth-order valence-corrected chi connectivity index (χ4v) is 5.89. The first-order valence-electron chi connectivity index (χ1n) is 10.1. The molecule has 0 aliphatic carbocycles. The summed E-state index contributed by atoms with van der Waals surface area (Å²) in [6.45, 7) is 8.01. The van der Waals surface area contributed by atoms with Gasteiger partial charge in [-0.05, 0) is 37.4 Å². The standard InChI is InChI=1S/C22H24Cl2N4O4S/c1-25-10-11-27(3)21(29)22(15-32-18-7-5-17(26-2)6-8-18)13-28(14-22)33(30,31)20-9-4-16(23)12-19(20)24/h4-9,12,25H,10-11,13-15H2,1,3H3. The molecule has 33 heavy (non-hydrogen) atoms. The van der Waals surface area contributed by atoms with E-state index in [0.29, 0.717) is 29.5 Å². The Hall–Kier alpha value is -2.35. The van der Waals surface area contributed by atoms with Gasteiger partial charge in [0.1, 0.15) is 22.7 Å². The number of amides is 1. The van der Waals surface area contributed by atoms with Gasteiger partial charge in [0.15, 0.2) is 5.69 Å². The molecule has 0 atom stereocenters. The van der Waals surface area contributed by atoms with Gasteiger partial charge in [-0.3, -0.25) is 4.79 Å². The molecular formula is C22H24Cl2N4O4S. The van der Waals surface area contributed by atoms with Gasteiger partial charge in [-0.25, -0.2) is 13.3 Å². The number of ether oxygens (including phenoxy) is 1. The summed E-state index contributed by atoms with van der Waals surface area (Å²) < 4.78 is 33.4. The number of nitrogens with one attached hydrogen (secondary N) is 1. The van der Waals surface area contributed by atoms with Gasteiger partial charge in [-0.2, -0.15) is 4.31 Å². The fraction of sp³-hybridized carbons (Fsp3) is 0.364. The van der Waals surface area contributed by atoms with Crippen LogP contribution in [0.3, 0.4) is 0 Å². The summed E-state index contributed by atoms with van der Waals surface area (Å²) >= 11 is 12.0. The first kappa shape index (κ1) is 25.3. The number of rotatable bonds is 9. The van der Waals surface area contributed by atoms with E-state index in [1.807, 2.05) is 0 Å². The van der Waals surface area contributed by atoms with Gasteiger partial charge in [0.2, 0.25) is 15.9 Å². The Balaban J connectivity index is 1.81. The van der Waals surface area contributed by atoms with E-state index in [2.05, 4.69) is 10.2 Å². The summed E-state index contributed by atoms with van der Waals surface area (Å²) in [6.07, 6.45) is 0. The van der Waals surface area contributed by atoms with Crippen LogP contribution in [0.15, 0.2) is 47.4 Å². The Morgan fingerprint density at radius 2 is 1.91 bits per heavy atom. The summed E-state index contributed by atoms with van der Waals surface area (Å²) in [4.78, 5) is 18.2. The molecule has 3 rings (SSSR count). The molecule has 8 nitrogen and oxygen atoms in total. The molecule has 11 heteroatoms. The number of halogens is 2. The second kappa shape index (κ2) is 10.3. The molecule has 0 saturated carbocycles. The van der Waals surface area contributed by atoms with Gasteiger partial charge in [0.05, 0.1) is 11.6 Å². The molecule has 0 bridgehead atoms. The van der Waals surface area contributed by atoms with Crippen molar-refractivity contribution < 1.29 is 17.9 Å². The third kappa shape index (κ3) is 5.42. The summed E-state index contributed by atoms with van der Waals surface area (Å²) in [5.74, 6) is 0.290. The van der Waals surface area contributed by atoms with E-state index in [0.717, 1.165) is 0 Å². The van der Waals surface area contributed by atoms with E-state index in [-0.39, 0.29) is 35.5 Å². The van der Waals surface area contributed by atoms with Crippen LogP contribution in [-0.2, 0) is 14.8 Å². The van der Waals surface area contributed by atoms with Gasteiger partial charge < -0.3 is 15.0 Å². The molecule has 0 aromatic heterocycles. The number of benzene rings is 2. The van der Waals surface area contributed by atoms with Crippen LogP contribution in [0.25, 0.3) is 4.85 Å². The molecule has 1 heterocycles. The number of hydrogen-bond donors (Lipinski definition) is 1. The summed E-state index contributed by atoms with van der Waals surface area (Å²) in [5.41, 5.74) is -0.576. The first-order valence-corrected chi connectivity index (χ1v) is 12.3. The minimum Gasteiger partial charge on any atom is -0.492 e. The number of nitrogens with zero attached hydrogens (tertiary/aromatic N) is 3. The zero-order valence-electron chi connectivity index (χ0n) is 18.2. The predicted octanol–water partition coefficient (Wildman–Crippen LogP) is 3.29. The lowest BCUT2D eigenvalue weighted by Gasteiger charge is -2.48. The highest BCUT2D eigenvalue weighted by Crippen LogP contribution is 2.39. The molecule has 176 valence electrons. The van der Waals surface area contributed by atoms with Crippen molar-refractivity contribution >= 4 is 44.8 Å². The minimum atomic E-state index is -3.92. The summed E-state index contributed by atoms with van der Waals surface area (Å²) in [5, 5.41) is 3.35. The predicted molar refractivity (Wildman–Crippen MR) is 127 cm³/mol. The number of sulfonamides is 1. The maximum atomic E-state index is 13.3. The number of hydrogen-bond acceptors (Lipinski definition) is 5. The Kier molecular flexibility index (Phi) is 7.88. The minimum absolute atomic E-state index is 0.00649. The number of likely N-dealkylation sites (N-methyl/N-ethyl adjacent to an activating group) is 2. The highest BCUT2D eigenvalue weighted by Gasteiger charge is 2.55. The Morgan fingerprint density at radius 1 is 1.24 bits per heavy atom. The molecular weight excluding hydrogens is 487 g/mol. The largest absolute Gasteiger partial charge is 0.492 e. The van der Waals surface area contributed by atoms with Crippen LogP contribution >= 0.6 is 23.2 Å². The molecule has 1 amide bonds. The van der Waals surface area contributed by atoms with Crippen molar-refractivity contribution in [2.45, 2.75) is 4.90 Å². The SMILES string of the molecule is [C-]#[N+]c1ccc(OCC2(C(=O)N(C)CCNC)CN(S(=O)(=O)c3ccc(Cl)cc3Cl)C2)cc1. The van der Waals surface area contributed by atoms with Crippen LogP contribution in [0, 0.1) is 12.0 Å². The van der Waals surface area contributed by atoms with Crippen molar-refractivity contribution in [2.24, 2.45) is 5.41 Å². The molecule has 0 unspecified atom stereocenters. The molecule has 1 aliphatic rings. The van der Waals surface area contributed by atoms with Crippen LogP contribution < -0.4 is 10.1 Å². The van der Waals surface area contributed by atoms with Crippen LogP contribution in [0.4, 0.5) is 5.69 Å². The third-order valence-electron chi connectivity index (χ3n) is 5.45. The fourth-order valence-electron chi connectivity index (χ4n) is 3.53. The topological polar surface area (TPSA) is 83.3 Å². The van der Waals surface area contributed by atoms with Crippen molar-refractivity contribution in [3.8, 4) is 5.75 Å². The molecule has 2 aromatic rings. The lowest BCUT2D eigenvalue weighted by Crippen LogP contribution is -2.67. The van der Waals surface area contributed by atoms with Crippen LogP contribution in [-0.4, -0.2) is 70.4 Å². The van der Waals surface area contributed by atoms with Crippen LogP contribution in [0.5, 0.6) is 5.75 Å². The van der Waals surface area contributed by atoms with E-state index < -0.39 is 15.4 Å². The molecule has 2 aromatic carbocycles. The maximum Gasteiger partial charge on any atom is 0.244 e. The Bertz CT molecular complexity index is 1160. The van der Waals surface area contributed by atoms with Gasteiger partial charge in [-0.1, -0.05) is 35.3 Å².